The number of hydrogen-bond donors (Lipinski definition) is 2. The average Bonchev–Trinajstić information content (AvgIpc) is 2.78. The lowest BCUT2D eigenvalue weighted by Gasteiger charge is -2.17. The summed E-state index contributed by atoms with van der Waals surface area (Å²) in [7, 11) is 0. The van der Waals surface area contributed by atoms with Crippen molar-refractivity contribution in [1.29, 1.82) is 5.26 Å². The number of aromatic nitrogens is 2. The Kier molecular flexibility index (Phi) is 7.49. The Bertz CT molecular complexity index is 1080. The number of ether oxygens (including phenoxy) is 1. The number of nitriles is 1. The molecule has 0 unspecified atom stereocenters. The number of rotatable bonds is 9. The first-order valence-corrected chi connectivity index (χ1v) is 10.1. The van der Waals surface area contributed by atoms with Crippen LogP contribution in [0.15, 0.2) is 54.7 Å². The van der Waals surface area contributed by atoms with E-state index in [1.54, 1.807) is 48.5 Å². The lowest BCUT2D eigenvalue weighted by Crippen LogP contribution is -2.13. The first kappa shape index (κ1) is 22.9. The first-order chi connectivity index (χ1) is 15.4. The van der Waals surface area contributed by atoms with Gasteiger partial charge in [-0.05, 0) is 42.8 Å². The molecule has 2 N–H and O–H groups in total. The van der Waals surface area contributed by atoms with Gasteiger partial charge in [0.2, 0.25) is 5.95 Å². The molecule has 0 aliphatic carbocycles. The Balaban J connectivity index is 1.87. The van der Waals surface area contributed by atoms with Gasteiger partial charge in [-0.1, -0.05) is 31.9 Å². The van der Waals surface area contributed by atoms with E-state index in [-0.39, 0.29) is 5.95 Å². The van der Waals surface area contributed by atoms with E-state index in [0.29, 0.717) is 29.3 Å². The molecule has 1 heterocycles. The van der Waals surface area contributed by atoms with Crippen LogP contribution in [0.2, 0.25) is 0 Å². The van der Waals surface area contributed by atoms with E-state index in [2.05, 4.69) is 27.5 Å². The van der Waals surface area contributed by atoms with Gasteiger partial charge in [0.05, 0.1) is 23.9 Å². The summed E-state index contributed by atoms with van der Waals surface area (Å²) < 4.78 is 46.5. The summed E-state index contributed by atoms with van der Waals surface area (Å²) in [5, 5.41) is 14.5. The van der Waals surface area contributed by atoms with Gasteiger partial charge in [0.15, 0.2) is 0 Å². The van der Waals surface area contributed by atoms with E-state index >= 15 is 0 Å². The van der Waals surface area contributed by atoms with Crippen molar-refractivity contribution in [3.8, 4) is 11.8 Å². The van der Waals surface area contributed by atoms with Crippen molar-refractivity contribution < 1.29 is 17.9 Å². The average molecular weight is 441 g/mol. The highest BCUT2D eigenvalue weighted by atomic mass is 19.4. The number of benzene rings is 2. The molecule has 0 saturated carbocycles. The summed E-state index contributed by atoms with van der Waals surface area (Å²) in [6.07, 6.45) is -1.03. The van der Waals surface area contributed by atoms with Crippen molar-refractivity contribution in [1.82, 2.24) is 9.97 Å². The molecular formula is C23H22F3N5O. The number of halogens is 3. The van der Waals surface area contributed by atoms with Crippen LogP contribution in [-0.4, -0.2) is 16.6 Å². The minimum absolute atomic E-state index is 0.0217. The van der Waals surface area contributed by atoms with Crippen LogP contribution >= 0.6 is 0 Å². The maximum atomic E-state index is 13.6. The first-order valence-electron chi connectivity index (χ1n) is 10.1. The third-order valence-electron chi connectivity index (χ3n) is 4.51. The monoisotopic (exact) mass is 441 g/mol. The van der Waals surface area contributed by atoms with Crippen LogP contribution in [0, 0.1) is 11.3 Å². The lowest BCUT2D eigenvalue weighted by atomic mass is 10.2. The molecule has 2 aromatic carbocycles. The zero-order valence-corrected chi connectivity index (χ0v) is 17.4. The SMILES string of the molecule is CCCCCOc1ccccc1Nc1nc(Nc2ccc(C#N)cc2)ncc1C(F)(F)F. The maximum Gasteiger partial charge on any atom is 0.421 e. The summed E-state index contributed by atoms with van der Waals surface area (Å²) in [5.74, 6) is 0.0248. The minimum atomic E-state index is -4.65. The zero-order valence-electron chi connectivity index (χ0n) is 17.4. The zero-order chi connectivity index (χ0) is 23.0. The second kappa shape index (κ2) is 10.5. The van der Waals surface area contributed by atoms with Crippen LogP contribution in [0.25, 0.3) is 0 Å². The van der Waals surface area contributed by atoms with Crippen molar-refractivity contribution in [2.24, 2.45) is 0 Å². The van der Waals surface area contributed by atoms with E-state index in [0.717, 1.165) is 25.5 Å². The number of unbranched alkanes of at least 4 members (excludes halogenated alkanes) is 2. The number of nitrogens with one attached hydrogen (secondary N) is 2. The Morgan fingerprint density at radius 2 is 1.78 bits per heavy atom. The van der Waals surface area contributed by atoms with Crippen molar-refractivity contribution in [2.45, 2.75) is 32.4 Å². The highest BCUT2D eigenvalue weighted by Gasteiger charge is 2.35. The van der Waals surface area contributed by atoms with Gasteiger partial charge in [-0.3, -0.25) is 0 Å². The van der Waals surface area contributed by atoms with Crippen LogP contribution in [0.5, 0.6) is 5.75 Å². The smallest absolute Gasteiger partial charge is 0.421 e. The molecule has 0 spiro atoms. The van der Waals surface area contributed by atoms with Crippen LogP contribution in [0.3, 0.4) is 0 Å². The Morgan fingerprint density at radius 1 is 1.03 bits per heavy atom. The fraction of sp³-hybridized carbons (Fsp3) is 0.261. The van der Waals surface area contributed by atoms with Crippen molar-refractivity contribution in [3.05, 3.63) is 65.9 Å². The molecule has 166 valence electrons. The predicted molar refractivity (Wildman–Crippen MR) is 116 cm³/mol. The molecule has 0 atom stereocenters. The molecule has 0 aliphatic rings. The highest BCUT2D eigenvalue weighted by molar-refractivity contribution is 5.67. The largest absolute Gasteiger partial charge is 0.491 e. The number of para-hydroxylation sites is 2. The Morgan fingerprint density at radius 3 is 2.47 bits per heavy atom. The summed E-state index contributed by atoms with van der Waals surface area (Å²) >= 11 is 0. The van der Waals surface area contributed by atoms with E-state index in [4.69, 9.17) is 10.00 Å². The fourth-order valence-electron chi connectivity index (χ4n) is 2.86. The van der Waals surface area contributed by atoms with Crippen LogP contribution < -0.4 is 15.4 Å². The van der Waals surface area contributed by atoms with Gasteiger partial charge >= 0.3 is 6.18 Å². The molecule has 0 fully saturated rings. The number of nitrogens with zero attached hydrogens (tertiary/aromatic N) is 3. The molecule has 0 radical (unpaired) electrons. The molecule has 0 amide bonds. The summed E-state index contributed by atoms with van der Waals surface area (Å²) in [6, 6.07) is 15.2. The van der Waals surface area contributed by atoms with E-state index in [9.17, 15) is 13.2 Å². The molecule has 1 aromatic heterocycles. The summed E-state index contributed by atoms with van der Waals surface area (Å²) in [4.78, 5) is 7.85. The van der Waals surface area contributed by atoms with Crippen LogP contribution in [0.4, 0.5) is 36.3 Å². The molecule has 0 aliphatic heterocycles. The van der Waals surface area contributed by atoms with E-state index in [1.807, 2.05) is 6.07 Å². The molecule has 32 heavy (non-hydrogen) atoms. The van der Waals surface area contributed by atoms with Crippen LogP contribution in [0.1, 0.15) is 37.3 Å². The van der Waals surface area contributed by atoms with Gasteiger partial charge in [-0.25, -0.2) is 4.98 Å². The molecule has 6 nitrogen and oxygen atoms in total. The molecule has 3 rings (SSSR count). The maximum absolute atomic E-state index is 13.6. The Labute approximate surface area is 184 Å². The molecule has 3 aromatic rings. The highest BCUT2D eigenvalue weighted by Crippen LogP contribution is 2.37. The Hall–Kier alpha value is -3.80. The quantitative estimate of drug-likeness (QED) is 0.373. The number of hydrogen-bond acceptors (Lipinski definition) is 6. The number of alkyl halides is 3. The summed E-state index contributed by atoms with van der Waals surface area (Å²) in [5.41, 5.74) is 0.373. The molecule has 0 saturated heterocycles. The molecule has 9 heteroatoms. The van der Waals surface area contributed by atoms with Gasteiger partial charge < -0.3 is 15.4 Å². The van der Waals surface area contributed by atoms with Gasteiger partial charge in [-0.15, -0.1) is 0 Å². The second-order valence-electron chi connectivity index (χ2n) is 6.94. The number of anilines is 4. The standard InChI is InChI=1S/C23H22F3N5O/c1-2-3-6-13-32-20-8-5-4-7-19(20)30-21-18(23(24,25)26)15-28-22(31-21)29-17-11-9-16(14-27)10-12-17/h4-5,7-12,15H,2-3,6,13H2,1H3,(H2,28,29,30,31). The van der Waals surface area contributed by atoms with Gasteiger partial charge in [0, 0.05) is 11.9 Å². The van der Waals surface area contributed by atoms with Gasteiger partial charge in [-0.2, -0.15) is 23.4 Å². The lowest BCUT2D eigenvalue weighted by molar-refractivity contribution is -0.137. The van der Waals surface area contributed by atoms with Crippen molar-refractivity contribution in [2.75, 3.05) is 17.2 Å². The minimum Gasteiger partial charge on any atom is -0.491 e. The third-order valence-corrected chi connectivity index (χ3v) is 4.51. The third kappa shape index (κ3) is 6.11. The van der Waals surface area contributed by atoms with Crippen molar-refractivity contribution in [3.63, 3.8) is 0 Å². The van der Waals surface area contributed by atoms with Crippen molar-refractivity contribution >= 4 is 23.1 Å². The summed E-state index contributed by atoms with van der Waals surface area (Å²) in [6.45, 7) is 2.54. The van der Waals surface area contributed by atoms with Crippen LogP contribution in [-0.2, 0) is 6.18 Å². The molecular weight excluding hydrogens is 419 g/mol. The topological polar surface area (TPSA) is 82.9 Å². The predicted octanol–water partition coefficient (Wildman–Crippen LogP) is 6.42. The van der Waals surface area contributed by atoms with E-state index in [1.165, 1.54) is 0 Å². The fourth-order valence-corrected chi connectivity index (χ4v) is 2.86. The normalized spacial score (nSPS) is 11.0. The molecule has 0 bridgehead atoms. The van der Waals surface area contributed by atoms with Gasteiger partial charge in [0.25, 0.3) is 0 Å². The van der Waals surface area contributed by atoms with Gasteiger partial charge in [0.1, 0.15) is 17.1 Å². The second-order valence-corrected chi connectivity index (χ2v) is 6.94. The van der Waals surface area contributed by atoms with E-state index < -0.39 is 17.6 Å².